The van der Waals surface area contributed by atoms with Gasteiger partial charge in [0.25, 0.3) is 0 Å². The van der Waals surface area contributed by atoms with Crippen LogP contribution in [0.15, 0.2) is 0 Å². The lowest BCUT2D eigenvalue weighted by Crippen LogP contribution is -2.49. The number of hydrogen-bond acceptors (Lipinski definition) is 4. The molecule has 0 spiro atoms. The van der Waals surface area contributed by atoms with Gasteiger partial charge in [0.1, 0.15) is 0 Å². The van der Waals surface area contributed by atoms with E-state index in [1.165, 1.54) is 12.8 Å². The number of nitrogens with two attached hydrogens (primary N) is 2. The summed E-state index contributed by atoms with van der Waals surface area (Å²) >= 11 is 0. The zero-order valence-corrected chi connectivity index (χ0v) is 6.56. The van der Waals surface area contributed by atoms with Gasteiger partial charge < -0.3 is 0 Å². The molecule has 0 aromatic carbocycles. The Bertz CT molecular complexity index is 62.8. The molecule has 6 N–H and O–H groups in total. The van der Waals surface area contributed by atoms with E-state index in [9.17, 15) is 0 Å². The molecule has 0 aliphatic rings. The lowest BCUT2D eigenvalue weighted by atomic mass is 10.2. The standard InChI is InChI=1S/C6H18N4/c1-2-3-4-5-6(9-7)10-8/h6,9-10H,2-5,7-8H2,1H3. The van der Waals surface area contributed by atoms with Gasteiger partial charge in [0.15, 0.2) is 0 Å². The van der Waals surface area contributed by atoms with Crippen molar-refractivity contribution in [3.8, 4) is 0 Å². The molecule has 0 atom stereocenters. The molecule has 62 valence electrons. The first-order valence-electron chi connectivity index (χ1n) is 3.77. The number of hydrazine groups is 2. The summed E-state index contributed by atoms with van der Waals surface area (Å²) in [5.74, 6) is 10.3. The molecule has 0 amide bonds. The molecule has 0 bridgehead atoms. The van der Waals surface area contributed by atoms with E-state index < -0.39 is 0 Å². The second-order valence-corrected chi connectivity index (χ2v) is 2.38. The first kappa shape index (κ1) is 9.84. The fourth-order valence-electron chi connectivity index (χ4n) is 0.813. The molecule has 0 fully saturated rings. The molecule has 0 aliphatic carbocycles. The molecule has 0 saturated carbocycles. The minimum atomic E-state index is 0.0616. The molecule has 0 aliphatic heterocycles. The summed E-state index contributed by atoms with van der Waals surface area (Å²) in [5, 5.41) is 0. The Hall–Kier alpha value is -0.160. The van der Waals surface area contributed by atoms with E-state index in [-0.39, 0.29) is 6.17 Å². The van der Waals surface area contributed by atoms with Crippen molar-refractivity contribution in [2.45, 2.75) is 38.8 Å². The third-order valence-corrected chi connectivity index (χ3v) is 1.50. The molecule has 4 heteroatoms. The molecule has 0 aromatic heterocycles. The van der Waals surface area contributed by atoms with Crippen molar-refractivity contribution < 1.29 is 0 Å². The van der Waals surface area contributed by atoms with E-state index in [1.54, 1.807) is 0 Å². The van der Waals surface area contributed by atoms with Gasteiger partial charge in [-0.2, -0.15) is 0 Å². The summed E-state index contributed by atoms with van der Waals surface area (Å²) in [5.41, 5.74) is 5.15. The monoisotopic (exact) mass is 146 g/mol. The predicted molar refractivity (Wildman–Crippen MR) is 42.6 cm³/mol. The van der Waals surface area contributed by atoms with E-state index in [0.29, 0.717) is 0 Å². The van der Waals surface area contributed by atoms with Crippen molar-refractivity contribution in [2.24, 2.45) is 11.7 Å². The molecule has 0 rings (SSSR count). The van der Waals surface area contributed by atoms with Crippen LogP contribution in [-0.2, 0) is 0 Å². The van der Waals surface area contributed by atoms with Crippen LogP contribution in [0.25, 0.3) is 0 Å². The Labute approximate surface area is 62.3 Å². The maximum atomic E-state index is 5.17. The van der Waals surface area contributed by atoms with Crippen molar-refractivity contribution in [1.29, 1.82) is 0 Å². The molecule has 0 saturated heterocycles. The minimum absolute atomic E-state index is 0.0616. The van der Waals surface area contributed by atoms with Gasteiger partial charge in [-0.25, -0.2) is 10.9 Å². The van der Waals surface area contributed by atoms with Crippen LogP contribution in [0, 0.1) is 0 Å². The topological polar surface area (TPSA) is 76.1 Å². The van der Waals surface area contributed by atoms with Crippen molar-refractivity contribution in [3.05, 3.63) is 0 Å². The third-order valence-electron chi connectivity index (χ3n) is 1.50. The van der Waals surface area contributed by atoms with E-state index in [0.717, 1.165) is 12.8 Å². The van der Waals surface area contributed by atoms with Gasteiger partial charge in [-0.1, -0.05) is 26.2 Å². The Kier molecular flexibility index (Phi) is 6.84. The van der Waals surface area contributed by atoms with Crippen LogP contribution in [0.1, 0.15) is 32.6 Å². The van der Waals surface area contributed by atoms with Crippen LogP contribution in [0.2, 0.25) is 0 Å². The number of unbranched alkanes of at least 4 members (excludes halogenated alkanes) is 2. The molecule has 10 heavy (non-hydrogen) atoms. The number of nitrogens with one attached hydrogen (secondary N) is 2. The van der Waals surface area contributed by atoms with Crippen LogP contribution in [0.3, 0.4) is 0 Å². The molecule has 0 radical (unpaired) electrons. The molecule has 0 heterocycles. The van der Waals surface area contributed by atoms with Crippen LogP contribution in [-0.4, -0.2) is 6.17 Å². The number of hydrogen-bond donors (Lipinski definition) is 4. The highest BCUT2D eigenvalue weighted by atomic mass is 15.4. The highest BCUT2D eigenvalue weighted by Gasteiger charge is 2.00. The number of rotatable bonds is 6. The maximum Gasteiger partial charge on any atom is 0.0827 e. The lowest BCUT2D eigenvalue weighted by Gasteiger charge is -2.13. The summed E-state index contributed by atoms with van der Waals surface area (Å²) in [6, 6.07) is 0. The highest BCUT2D eigenvalue weighted by molar-refractivity contribution is 4.55. The average Bonchev–Trinajstić information content (AvgIpc) is 1.99. The maximum absolute atomic E-state index is 5.17. The predicted octanol–water partition coefficient (Wildman–Crippen LogP) is -0.181. The second kappa shape index (κ2) is 6.95. The smallest absolute Gasteiger partial charge is 0.0827 e. The van der Waals surface area contributed by atoms with Gasteiger partial charge in [-0.15, -0.1) is 0 Å². The SMILES string of the molecule is CCCCCC(NN)NN. The third kappa shape index (κ3) is 4.69. The molecular weight excluding hydrogens is 128 g/mol. The summed E-state index contributed by atoms with van der Waals surface area (Å²) in [4.78, 5) is 0. The average molecular weight is 146 g/mol. The molecule has 4 nitrogen and oxygen atoms in total. The summed E-state index contributed by atoms with van der Waals surface area (Å²) in [6.07, 6.45) is 4.67. The van der Waals surface area contributed by atoms with E-state index in [1.807, 2.05) is 0 Å². The summed E-state index contributed by atoms with van der Waals surface area (Å²) in [7, 11) is 0. The normalized spacial score (nSPS) is 10.8. The Morgan fingerprint density at radius 2 is 1.80 bits per heavy atom. The van der Waals surface area contributed by atoms with E-state index in [4.69, 9.17) is 11.7 Å². The zero-order valence-electron chi connectivity index (χ0n) is 6.56. The summed E-state index contributed by atoms with van der Waals surface area (Å²) < 4.78 is 0. The van der Waals surface area contributed by atoms with Crippen molar-refractivity contribution in [2.75, 3.05) is 0 Å². The van der Waals surface area contributed by atoms with E-state index in [2.05, 4.69) is 17.8 Å². The van der Waals surface area contributed by atoms with Crippen LogP contribution < -0.4 is 22.5 Å². The first-order valence-corrected chi connectivity index (χ1v) is 3.77. The second-order valence-electron chi connectivity index (χ2n) is 2.38. The summed E-state index contributed by atoms with van der Waals surface area (Å²) in [6.45, 7) is 2.17. The van der Waals surface area contributed by atoms with Crippen LogP contribution >= 0.6 is 0 Å². The van der Waals surface area contributed by atoms with Crippen LogP contribution in [0.4, 0.5) is 0 Å². The van der Waals surface area contributed by atoms with Crippen LogP contribution in [0.5, 0.6) is 0 Å². The first-order chi connectivity index (χ1) is 4.85. The Morgan fingerprint density at radius 1 is 1.20 bits per heavy atom. The van der Waals surface area contributed by atoms with Gasteiger partial charge >= 0.3 is 0 Å². The Balaban J connectivity index is 3.09. The van der Waals surface area contributed by atoms with Gasteiger partial charge in [-0.3, -0.25) is 11.7 Å². The molecular formula is C6H18N4. The van der Waals surface area contributed by atoms with E-state index >= 15 is 0 Å². The Morgan fingerprint density at radius 3 is 2.20 bits per heavy atom. The molecule has 0 aromatic rings. The van der Waals surface area contributed by atoms with Crippen molar-refractivity contribution >= 4 is 0 Å². The fraction of sp³-hybridized carbons (Fsp3) is 1.00. The van der Waals surface area contributed by atoms with Gasteiger partial charge in [-0.05, 0) is 6.42 Å². The fourth-order valence-corrected chi connectivity index (χ4v) is 0.813. The van der Waals surface area contributed by atoms with Gasteiger partial charge in [0.05, 0.1) is 6.17 Å². The quantitative estimate of drug-likeness (QED) is 0.181. The largest absolute Gasteiger partial charge is 0.270 e. The van der Waals surface area contributed by atoms with Gasteiger partial charge in [0, 0.05) is 0 Å². The van der Waals surface area contributed by atoms with Gasteiger partial charge in [0.2, 0.25) is 0 Å². The van der Waals surface area contributed by atoms with Crippen molar-refractivity contribution in [1.82, 2.24) is 10.9 Å². The van der Waals surface area contributed by atoms with Crippen molar-refractivity contribution in [3.63, 3.8) is 0 Å². The minimum Gasteiger partial charge on any atom is -0.270 e. The highest BCUT2D eigenvalue weighted by Crippen LogP contribution is 1.99. The lowest BCUT2D eigenvalue weighted by molar-refractivity contribution is 0.401. The zero-order chi connectivity index (χ0) is 7.82. The molecule has 0 unspecified atom stereocenters.